The van der Waals surface area contributed by atoms with Gasteiger partial charge >= 0.3 is 0 Å². The lowest BCUT2D eigenvalue weighted by Gasteiger charge is -2.54. The molecule has 5 heterocycles. The first-order valence-electron chi connectivity index (χ1n) is 54.2. The number of anilines is 3. The highest BCUT2D eigenvalue weighted by atomic mass is 19.1. The van der Waals surface area contributed by atoms with E-state index in [0.29, 0.717) is 145 Å². The van der Waals surface area contributed by atoms with Crippen molar-refractivity contribution in [3.05, 3.63) is 293 Å². The number of H-pyrrole nitrogens is 4. The minimum atomic E-state index is -0.353. The number of aromatic nitrogens is 9. The summed E-state index contributed by atoms with van der Waals surface area (Å²) >= 11 is 0. The van der Waals surface area contributed by atoms with Crippen LogP contribution in [0.2, 0.25) is 0 Å². The molecule has 26 nitrogen and oxygen atoms in total. The number of methoxy groups -OCH3 is 1. The summed E-state index contributed by atoms with van der Waals surface area (Å²) in [5.41, 5.74) is 17.1. The van der Waals surface area contributed by atoms with Crippen LogP contribution in [0.5, 0.6) is 5.75 Å². The summed E-state index contributed by atoms with van der Waals surface area (Å²) < 4.78 is 18.3. The highest BCUT2D eigenvalue weighted by Gasteiger charge is 2.52. The molecular weight excluding hydrogens is 1880 g/mol. The molecule has 150 heavy (non-hydrogen) atoms. The van der Waals surface area contributed by atoms with Crippen LogP contribution < -0.4 is 47.3 Å². The highest BCUT2D eigenvalue weighted by molar-refractivity contribution is 6.07. The zero-order valence-corrected chi connectivity index (χ0v) is 84.6. The average molecular weight is 2010 g/mol. The largest absolute Gasteiger partial charge is 0.497 e. The Morgan fingerprint density at radius 1 is 0.300 bits per heavy atom. The topological polar surface area (TPSA) is 370 Å². The number of amides is 8. The molecule has 0 saturated heterocycles. The van der Waals surface area contributed by atoms with Crippen LogP contribution in [0.25, 0.3) is 89.7 Å². The standard InChI is InChI=1S/C32H32N4O3.C32H36N4O2.C31H29FN4O2.C28H29N5O2/c1-39-26-9-7-25(8-10-26)33-31(37)21-4-2-20(3-5-21)30-34-27-11-6-22(17-28(27)35-30)32(38)36-29-23-13-18-12-19(15-23)16-24(29)14-18;37-31(35-27-15-17-1-2-22(27)10-17)21-5-3-20(4-6-21)30-33-26-8-7-23(16-28(26)34-30)32(38)36-29-24-11-18-9-19(13-24)14-25(29)12-18;32-24-6-8-25(9-7-24)33-30(37)20-3-1-19(2-4-20)29-34-26-10-5-21(16-27(26)35-29)31(38)36-28-22-12-17-11-18(14-22)15-23(28)13-17;1-17-3-11-22(12-4-17)30-28(35)21-10-13-23-24(15-21)32-26(31-23)19-6-8-20(9-7-19)27(34)33-25-14-5-18(2)16-29-25/h2-11,17-19,23-24,29H,12-16H2,1H3,(H,33,37)(H,34,35)(H,36,38);3-8,16-19,22,24-25,27,29H,1-2,9-15H2,(H,33,34)(H,35,37)(H,36,38);1-10,16-18,22-23,28H,11-15H2,(H,33,37)(H,34,35)(H,36,38);5-10,13-17,22H,3-4,11-12H2,1-2H3,(H,30,35)(H,31,32)(H,29,33,34). The summed E-state index contributed by atoms with van der Waals surface area (Å²) in [6.07, 6.45) is 30.7. The molecule has 3 unspecified atom stereocenters. The van der Waals surface area contributed by atoms with E-state index in [-0.39, 0.29) is 59.1 Å². The van der Waals surface area contributed by atoms with Gasteiger partial charge in [-0.2, -0.15) is 0 Å². The Balaban J connectivity index is 0.000000107. The molecule has 27 heteroatoms. The summed E-state index contributed by atoms with van der Waals surface area (Å²) in [6, 6.07) is 70.0. The molecule has 3 atom stereocenters. The van der Waals surface area contributed by atoms with Crippen molar-refractivity contribution < 1.29 is 47.5 Å². The average Bonchev–Trinajstić information content (AvgIpc) is 1.04. The van der Waals surface area contributed by atoms with Gasteiger partial charge in [0.1, 0.15) is 40.7 Å². The minimum Gasteiger partial charge on any atom is -0.497 e. The second-order valence-corrected chi connectivity index (χ2v) is 45.4. The molecule has 30 rings (SSSR count). The monoisotopic (exact) mass is 2000 g/mol. The molecule has 15 aliphatic rings. The van der Waals surface area contributed by atoms with Crippen molar-refractivity contribution in [1.82, 2.24) is 71.4 Å². The van der Waals surface area contributed by atoms with Crippen LogP contribution in [-0.4, -0.2) is 129 Å². The lowest BCUT2D eigenvalue weighted by Crippen LogP contribution is -2.55. The normalized spacial score (nSPS) is 25.9. The number of carbonyl (C=O) groups is 8. The van der Waals surface area contributed by atoms with Gasteiger partial charge in [0.15, 0.2) is 0 Å². The predicted molar refractivity (Wildman–Crippen MR) is 579 cm³/mol. The maximum atomic E-state index is 13.2. The van der Waals surface area contributed by atoms with Gasteiger partial charge in [0.25, 0.3) is 47.3 Å². The van der Waals surface area contributed by atoms with Gasteiger partial charge in [0.05, 0.1) is 51.2 Å². The molecule has 15 saturated carbocycles. The Morgan fingerprint density at radius 2 is 0.613 bits per heavy atom. The van der Waals surface area contributed by atoms with E-state index in [0.717, 1.165) is 163 Å². The van der Waals surface area contributed by atoms with E-state index in [1.165, 1.54) is 140 Å². The van der Waals surface area contributed by atoms with Gasteiger partial charge in [-0.3, -0.25) is 38.4 Å². The summed E-state index contributed by atoms with van der Waals surface area (Å²) in [5, 5.41) is 25.1. The number of aromatic amines is 4. The van der Waals surface area contributed by atoms with E-state index in [2.05, 4.69) is 84.3 Å². The number of imidazole rings is 4. The second-order valence-electron chi connectivity index (χ2n) is 45.4. The Morgan fingerprint density at radius 3 is 0.933 bits per heavy atom. The summed E-state index contributed by atoms with van der Waals surface area (Å²) in [7, 11) is 1.61. The number of halogens is 1. The van der Waals surface area contributed by atoms with Crippen molar-refractivity contribution in [2.45, 2.75) is 192 Å². The number of carbonyl (C=O) groups excluding carboxylic acids is 8. The minimum absolute atomic E-state index is 0.00274. The third kappa shape index (κ3) is 20.9. The van der Waals surface area contributed by atoms with Crippen molar-refractivity contribution in [2.75, 3.05) is 23.1 Å². The number of hydrogen-bond acceptors (Lipinski definition) is 14. The smallest absolute Gasteiger partial charge is 0.256 e. The van der Waals surface area contributed by atoms with Gasteiger partial charge in [0.2, 0.25) is 0 Å². The quantitative estimate of drug-likeness (QED) is 0.0318. The molecule has 0 spiro atoms. The van der Waals surface area contributed by atoms with Crippen molar-refractivity contribution in [2.24, 2.45) is 88.8 Å². The first-order valence-corrected chi connectivity index (χ1v) is 54.2. The van der Waals surface area contributed by atoms with E-state index < -0.39 is 0 Å². The number of benzene rings is 10. The molecule has 15 aliphatic carbocycles. The number of nitrogens with one attached hydrogen (secondary N) is 12. The van der Waals surface area contributed by atoms with Crippen LogP contribution in [-0.2, 0) is 0 Å². The molecular formula is C123H126FN17O9. The molecule has 0 radical (unpaired) electrons. The van der Waals surface area contributed by atoms with E-state index >= 15 is 0 Å². The molecule has 10 aromatic carbocycles. The van der Waals surface area contributed by atoms with Crippen LogP contribution >= 0.6 is 0 Å². The van der Waals surface area contributed by atoms with E-state index in [1.807, 2.05) is 146 Å². The number of ether oxygens (including phenoxy) is 1. The fourth-order valence-corrected chi connectivity index (χ4v) is 28.1. The van der Waals surface area contributed by atoms with Gasteiger partial charge in [-0.05, 0) is 418 Å². The predicted octanol–water partition coefficient (Wildman–Crippen LogP) is 23.4. The second kappa shape index (κ2) is 41.3. The zero-order valence-electron chi connectivity index (χ0n) is 84.6. The van der Waals surface area contributed by atoms with Gasteiger partial charge in [-0.15, -0.1) is 0 Å². The molecule has 12 N–H and O–H groups in total. The van der Waals surface area contributed by atoms with Gasteiger partial charge in [-0.25, -0.2) is 29.3 Å². The molecule has 14 bridgehead atoms. The molecule has 764 valence electrons. The Kier molecular flexibility index (Phi) is 26.7. The van der Waals surface area contributed by atoms with Crippen LogP contribution in [0.4, 0.5) is 21.6 Å². The maximum Gasteiger partial charge on any atom is 0.256 e. The van der Waals surface area contributed by atoms with Gasteiger partial charge in [-0.1, -0.05) is 67.9 Å². The number of hydrogen-bond donors (Lipinski definition) is 12. The zero-order chi connectivity index (χ0) is 102. The van der Waals surface area contributed by atoms with Crippen molar-refractivity contribution >= 4 is 109 Å². The van der Waals surface area contributed by atoms with Crippen LogP contribution in [0.15, 0.2) is 237 Å². The van der Waals surface area contributed by atoms with E-state index in [4.69, 9.17) is 14.7 Å². The van der Waals surface area contributed by atoms with E-state index in [9.17, 15) is 42.7 Å². The summed E-state index contributed by atoms with van der Waals surface area (Å²) in [6.45, 7) is 4.22. The van der Waals surface area contributed by atoms with E-state index in [1.54, 1.807) is 80.0 Å². The number of fused-ring (bicyclic) bond motifs is 6. The lowest BCUT2D eigenvalue weighted by molar-refractivity contribution is -0.0119. The molecule has 15 aromatic rings. The summed E-state index contributed by atoms with van der Waals surface area (Å²) in [5.74, 6) is 14.5. The first-order chi connectivity index (χ1) is 73.0. The van der Waals surface area contributed by atoms with Crippen LogP contribution in [0.1, 0.15) is 243 Å². The number of pyridine rings is 1. The van der Waals surface area contributed by atoms with Crippen LogP contribution in [0, 0.1) is 102 Å². The first kappa shape index (κ1) is 96.8. The number of rotatable bonds is 21. The Labute approximate surface area is 869 Å². The summed E-state index contributed by atoms with van der Waals surface area (Å²) in [4.78, 5) is 139. The third-order valence-corrected chi connectivity index (χ3v) is 35.2. The SMILES string of the molecule is COc1ccc(NC(=O)c2ccc(-c3nc4ccc(C(=O)NC5C6CC7CC(C6)CC5C7)cc4[nH]3)cc2)cc1.Cc1ccc(NC(=O)c2ccc(-c3nc4ccc(C(=O)NC5CCC(C)CC5)cc4[nH]3)cc2)nc1.O=C(NC1CC2CCC1C2)c1ccc(-c2nc3ccc(C(=O)NC4C5CC6CC(C5)CC4C6)cc3[nH]2)cc1.O=C(Nc1ccc(F)cc1)c1ccc(-c2nc3ccc(C(=O)NC4C5CC6CC(C5)CC4C6)cc3[nH]2)cc1. The highest BCUT2D eigenvalue weighted by Crippen LogP contribution is 2.57. The third-order valence-electron chi connectivity index (χ3n) is 35.2. The fourth-order valence-electron chi connectivity index (χ4n) is 28.1. The number of nitrogens with zero attached hydrogens (tertiary/aromatic N) is 5. The Hall–Kier alpha value is -15.3. The molecule has 15 fully saturated rings. The number of aryl methyl sites for hydroxylation is 1. The van der Waals surface area contributed by atoms with Crippen molar-refractivity contribution in [3.8, 4) is 51.3 Å². The molecule has 8 amide bonds. The Bertz CT molecular complexity index is 7540. The molecule has 0 aliphatic heterocycles. The van der Waals surface area contributed by atoms with Crippen molar-refractivity contribution in [1.29, 1.82) is 0 Å². The van der Waals surface area contributed by atoms with Crippen molar-refractivity contribution in [3.63, 3.8) is 0 Å². The lowest BCUT2D eigenvalue weighted by atomic mass is 9.54. The van der Waals surface area contributed by atoms with Gasteiger partial charge in [0, 0.05) is 115 Å². The fraction of sp³-hybridized carbons (Fsp3) is 0.374. The van der Waals surface area contributed by atoms with Gasteiger partial charge < -0.3 is 67.2 Å². The van der Waals surface area contributed by atoms with Crippen LogP contribution in [0.3, 0.4) is 0 Å². The maximum absolute atomic E-state index is 13.2. The molecule has 5 aromatic heterocycles.